The van der Waals surface area contributed by atoms with E-state index >= 15 is 0 Å². The summed E-state index contributed by atoms with van der Waals surface area (Å²) in [7, 11) is -4.04. The van der Waals surface area contributed by atoms with Gasteiger partial charge < -0.3 is 0 Å². The van der Waals surface area contributed by atoms with E-state index in [9.17, 15) is 18.5 Å². The van der Waals surface area contributed by atoms with Gasteiger partial charge >= 0.3 is 0 Å². The molecule has 0 bridgehead atoms. The predicted octanol–water partition coefficient (Wildman–Crippen LogP) is 4.77. The molecule has 0 fully saturated rings. The van der Waals surface area contributed by atoms with Crippen molar-refractivity contribution in [3.63, 3.8) is 0 Å². The van der Waals surface area contributed by atoms with Crippen LogP contribution in [0.3, 0.4) is 0 Å². The second-order valence-corrected chi connectivity index (χ2v) is 7.88. The van der Waals surface area contributed by atoms with Crippen molar-refractivity contribution in [3.05, 3.63) is 60.5 Å². The molecule has 2 rings (SSSR count). The highest BCUT2D eigenvalue weighted by Crippen LogP contribution is 2.34. The van der Waals surface area contributed by atoms with Gasteiger partial charge in [-0.3, -0.25) is 14.8 Å². The zero-order valence-electron chi connectivity index (χ0n) is 11.5. The first-order valence-electron chi connectivity index (χ1n) is 6.04. The number of nitro groups is 1. The molecule has 0 spiro atoms. The van der Waals surface area contributed by atoms with Crippen molar-refractivity contribution in [2.24, 2.45) is 0 Å². The molecule has 0 unspecified atom stereocenters. The molecule has 0 aromatic heterocycles. The Kier molecular flexibility index (Phi) is 5.20. The van der Waals surface area contributed by atoms with Gasteiger partial charge in [0.1, 0.15) is 0 Å². The first-order chi connectivity index (χ1) is 10.6. The fourth-order valence-electron chi connectivity index (χ4n) is 1.79. The first-order valence-corrected chi connectivity index (χ1v) is 9.07. The second kappa shape index (κ2) is 6.64. The highest BCUT2D eigenvalue weighted by atomic mass is 79.9. The number of halogens is 3. The Morgan fingerprint density at radius 2 is 1.78 bits per heavy atom. The summed E-state index contributed by atoms with van der Waals surface area (Å²) in [5.41, 5.74) is 0.230. The minimum Gasteiger partial charge on any atom is -0.278 e. The van der Waals surface area contributed by atoms with Crippen molar-refractivity contribution in [2.75, 3.05) is 4.72 Å². The largest absolute Gasteiger partial charge is 0.278 e. The Bertz CT molecular complexity index is 903. The van der Waals surface area contributed by atoms with Crippen molar-refractivity contribution in [3.8, 4) is 0 Å². The van der Waals surface area contributed by atoms with E-state index in [0.29, 0.717) is 10.0 Å². The Morgan fingerprint density at radius 3 is 2.39 bits per heavy atom. The van der Waals surface area contributed by atoms with E-state index in [1.807, 2.05) is 0 Å². The van der Waals surface area contributed by atoms with E-state index in [4.69, 9.17) is 23.2 Å². The van der Waals surface area contributed by atoms with Crippen LogP contribution in [0.4, 0.5) is 11.4 Å². The van der Waals surface area contributed by atoms with Crippen LogP contribution in [-0.4, -0.2) is 13.3 Å². The average Bonchev–Trinajstić information content (AvgIpc) is 2.44. The van der Waals surface area contributed by atoms with Gasteiger partial charge in [-0.15, -0.1) is 0 Å². The molecule has 0 saturated heterocycles. The van der Waals surface area contributed by atoms with Crippen LogP contribution in [0.2, 0.25) is 10.0 Å². The fraction of sp³-hybridized carbons (Fsp3) is 0.0769. The van der Waals surface area contributed by atoms with E-state index in [2.05, 4.69) is 20.7 Å². The third kappa shape index (κ3) is 3.95. The zero-order valence-corrected chi connectivity index (χ0v) is 15.4. The first kappa shape index (κ1) is 18.0. The number of nitrogens with one attached hydrogen (secondary N) is 1. The third-order valence-corrected chi connectivity index (χ3v) is 5.81. The lowest BCUT2D eigenvalue weighted by atomic mass is 10.2. The maximum Gasteiger partial charge on any atom is 0.270 e. The molecular weight excluding hydrogens is 431 g/mol. The monoisotopic (exact) mass is 438 g/mol. The summed E-state index contributed by atoms with van der Waals surface area (Å²) in [6.45, 7) is 1.54. The van der Waals surface area contributed by atoms with Crippen LogP contribution < -0.4 is 4.72 Å². The van der Waals surface area contributed by atoms with Crippen LogP contribution in [-0.2, 0) is 10.0 Å². The highest BCUT2D eigenvalue weighted by Gasteiger charge is 2.22. The molecule has 0 heterocycles. The number of benzene rings is 2. The van der Waals surface area contributed by atoms with Crippen molar-refractivity contribution in [1.82, 2.24) is 0 Å². The van der Waals surface area contributed by atoms with Gasteiger partial charge in [0, 0.05) is 16.6 Å². The van der Waals surface area contributed by atoms with E-state index in [1.165, 1.54) is 24.3 Å². The molecule has 10 heteroatoms. The summed E-state index contributed by atoms with van der Waals surface area (Å²) in [5.74, 6) is 0. The van der Waals surface area contributed by atoms with E-state index < -0.39 is 14.9 Å². The topological polar surface area (TPSA) is 89.3 Å². The smallest absolute Gasteiger partial charge is 0.270 e. The minimum absolute atomic E-state index is 0.170. The number of hydrogen-bond acceptors (Lipinski definition) is 4. The summed E-state index contributed by atoms with van der Waals surface area (Å²) in [6, 6.07) is 6.41. The number of nitro benzene ring substituents is 1. The molecule has 2 aromatic carbocycles. The number of non-ortho nitro benzene ring substituents is 1. The van der Waals surface area contributed by atoms with Gasteiger partial charge in [-0.25, -0.2) is 8.42 Å². The van der Waals surface area contributed by atoms with Crippen LogP contribution in [0, 0.1) is 17.0 Å². The Labute approximate surface area is 150 Å². The Morgan fingerprint density at radius 1 is 1.17 bits per heavy atom. The second-order valence-electron chi connectivity index (χ2n) is 4.56. The summed E-state index contributed by atoms with van der Waals surface area (Å²) < 4.78 is 27.8. The molecule has 0 aliphatic rings. The Balaban J connectivity index is 2.50. The molecule has 122 valence electrons. The molecule has 0 amide bonds. The summed E-state index contributed by atoms with van der Waals surface area (Å²) in [6.07, 6.45) is 0. The van der Waals surface area contributed by atoms with Crippen LogP contribution in [0.25, 0.3) is 0 Å². The molecule has 6 nitrogen and oxygen atoms in total. The molecule has 0 atom stereocenters. The minimum atomic E-state index is -4.04. The number of aryl methyl sites for hydroxylation is 1. The Hall–Kier alpha value is -1.35. The number of rotatable bonds is 4. The maximum absolute atomic E-state index is 12.5. The molecule has 0 aliphatic carbocycles. The van der Waals surface area contributed by atoms with Crippen molar-refractivity contribution >= 4 is 60.5 Å². The normalized spacial score (nSPS) is 11.3. The molecule has 0 aliphatic heterocycles. The lowest BCUT2D eigenvalue weighted by Gasteiger charge is -2.12. The summed E-state index contributed by atoms with van der Waals surface area (Å²) in [4.78, 5) is 9.99. The average molecular weight is 440 g/mol. The number of hydrogen-bond donors (Lipinski definition) is 1. The van der Waals surface area contributed by atoms with Crippen molar-refractivity contribution in [2.45, 2.75) is 11.8 Å². The number of sulfonamides is 1. The van der Waals surface area contributed by atoms with Gasteiger partial charge in [0.15, 0.2) is 0 Å². The van der Waals surface area contributed by atoms with E-state index in [1.54, 1.807) is 6.92 Å². The zero-order chi connectivity index (χ0) is 17.4. The lowest BCUT2D eigenvalue weighted by Crippen LogP contribution is -2.15. The quantitative estimate of drug-likeness (QED) is 0.422. The van der Waals surface area contributed by atoms with Crippen LogP contribution >= 0.6 is 39.1 Å². The van der Waals surface area contributed by atoms with Crippen LogP contribution in [0.15, 0.2) is 39.7 Å². The number of anilines is 1. The molecule has 0 saturated carbocycles. The predicted molar refractivity (Wildman–Crippen MR) is 92.8 cm³/mol. The van der Waals surface area contributed by atoms with E-state index in [0.717, 1.165) is 6.07 Å². The van der Waals surface area contributed by atoms with Crippen LogP contribution in [0.1, 0.15) is 5.56 Å². The standard InChI is InChI=1S/C13H9BrCl2N2O4S/c1-7-2-3-8(18(19)20)4-13(7)23(21,22)17-12-6-11(16)10(15)5-9(12)14/h2-6,17H,1H3. The van der Waals surface area contributed by atoms with Gasteiger partial charge in [-0.2, -0.15) is 0 Å². The number of nitrogens with zero attached hydrogens (tertiary/aromatic N) is 1. The summed E-state index contributed by atoms with van der Waals surface area (Å²) in [5, 5.41) is 11.3. The van der Waals surface area contributed by atoms with Gasteiger partial charge in [-0.1, -0.05) is 29.3 Å². The molecule has 0 radical (unpaired) electrons. The van der Waals surface area contributed by atoms with Gasteiger partial charge in [-0.05, 0) is 40.5 Å². The van der Waals surface area contributed by atoms with Crippen LogP contribution in [0.5, 0.6) is 0 Å². The summed E-state index contributed by atoms with van der Waals surface area (Å²) >= 11 is 14.9. The maximum atomic E-state index is 12.5. The van der Waals surface area contributed by atoms with Crippen molar-refractivity contribution in [1.29, 1.82) is 0 Å². The van der Waals surface area contributed by atoms with E-state index in [-0.39, 0.29) is 26.3 Å². The van der Waals surface area contributed by atoms with Gasteiger partial charge in [0.25, 0.3) is 15.7 Å². The van der Waals surface area contributed by atoms with Crippen molar-refractivity contribution < 1.29 is 13.3 Å². The third-order valence-electron chi connectivity index (χ3n) is 2.93. The molecule has 1 N–H and O–H groups in total. The SMILES string of the molecule is Cc1ccc([N+](=O)[O-])cc1S(=O)(=O)Nc1cc(Cl)c(Cl)cc1Br. The molecular formula is C13H9BrCl2N2O4S. The lowest BCUT2D eigenvalue weighted by molar-refractivity contribution is -0.385. The molecule has 2 aromatic rings. The highest BCUT2D eigenvalue weighted by molar-refractivity contribution is 9.10. The fourth-order valence-corrected chi connectivity index (χ4v) is 4.16. The van der Waals surface area contributed by atoms with Gasteiger partial charge in [0.2, 0.25) is 0 Å². The van der Waals surface area contributed by atoms with Gasteiger partial charge in [0.05, 0.1) is 25.6 Å². The molecule has 23 heavy (non-hydrogen) atoms.